The Hall–Kier alpha value is -2.32. The van der Waals surface area contributed by atoms with Crippen molar-refractivity contribution in [2.75, 3.05) is 24.6 Å². The number of benzene rings is 1. The molecule has 3 rings (SSSR count). The van der Waals surface area contributed by atoms with Crippen molar-refractivity contribution in [3.8, 4) is 0 Å². The van der Waals surface area contributed by atoms with Gasteiger partial charge in [-0.05, 0) is 25.3 Å². The van der Waals surface area contributed by atoms with E-state index in [1.807, 2.05) is 25.1 Å². The van der Waals surface area contributed by atoms with Crippen molar-refractivity contribution in [3.63, 3.8) is 0 Å². The third-order valence-electron chi connectivity index (χ3n) is 4.40. The Morgan fingerprint density at radius 1 is 1.33 bits per heavy atom. The smallest absolute Gasteiger partial charge is 0.229 e. The van der Waals surface area contributed by atoms with E-state index < -0.39 is 0 Å². The van der Waals surface area contributed by atoms with Crippen LogP contribution < -0.4 is 10.2 Å². The first kappa shape index (κ1) is 19.4. The van der Waals surface area contributed by atoms with Gasteiger partial charge in [-0.15, -0.1) is 10.2 Å². The van der Waals surface area contributed by atoms with E-state index in [0.29, 0.717) is 31.4 Å². The molecule has 0 radical (unpaired) electrons. The van der Waals surface area contributed by atoms with Gasteiger partial charge in [0, 0.05) is 26.1 Å². The minimum atomic E-state index is -0.339. The van der Waals surface area contributed by atoms with E-state index in [0.717, 1.165) is 17.8 Å². The molecular formula is C19H24N4O3S. The van der Waals surface area contributed by atoms with Crippen molar-refractivity contribution in [2.24, 2.45) is 5.92 Å². The standard InChI is InChI=1S/C19H24N4O3S/c1-2-26-13-16-21-22-19(27-16)23-12-15(11-17(23)24)18(25)20-10-6-9-14-7-4-3-5-8-14/h3-5,7-8,15H,2,6,9-13H2,1H3,(H,20,25). The molecule has 2 heterocycles. The summed E-state index contributed by atoms with van der Waals surface area (Å²) >= 11 is 1.33. The Bertz CT molecular complexity index is 765. The molecule has 144 valence electrons. The van der Waals surface area contributed by atoms with Crippen LogP contribution in [0.15, 0.2) is 30.3 Å². The normalized spacial score (nSPS) is 16.7. The minimum absolute atomic E-state index is 0.0713. The van der Waals surface area contributed by atoms with Gasteiger partial charge in [-0.1, -0.05) is 41.7 Å². The second-order valence-corrected chi connectivity index (χ2v) is 7.44. The van der Waals surface area contributed by atoms with E-state index >= 15 is 0 Å². The number of aryl methyl sites for hydroxylation is 1. The van der Waals surface area contributed by atoms with Crippen LogP contribution >= 0.6 is 11.3 Å². The topological polar surface area (TPSA) is 84.4 Å². The number of hydrogen-bond donors (Lipinski definition) is 1. The van der Waals surface area contributed by atoms with Crippen LogP contribution in [0.1, 0.15) is 30.3 Å². The quantitative estimate of drug-likeness (QED) is 0.666. The van der Waals surface area contributed by atoms with Crippen molar-refractivity contribution in [3.05, 3.63) is 40.9 Å². The number of amides is 2. The predicted octanol–water partition coefficient (Wildman–Crippen LogP) is 2.18. The molecule has 1 unspecified atom stereocenters. The third kappa shape index (κ3) is 5.33. The van der Waals surface area contributed by atoms with Gasteiger partial charge < -0.3 is 10.1 Å². The van der Waals surface area contributed by atoms with Crippen LogP contribution in [0.25, 0.3) is 0 Å². The number of nitrogens with one attached hydrogen (secondary N) is 1. The van der Waals surface area contributed by atoms with Crippen molar-refractivity contribution in [2.45, 2.75) is 32.8 Å². The van der Waals surface area contributed by atoms with Crippen LogP contribution in [0.4, 0.5) is 5.13 Å². The zero-order chi connectivity index (χ0) is 19.1. The van der Waals surface area contributed by atoms with Crippen LogP contribution in [0, 0.1) is 5.92 Å². The number of hydrogen-bond acceptors (Lipinski definition) is 6. The lowest BCUT2D eigenvalue weighted by atomic mass is 10.1. The maximum Gasteiger partial charge on any atom is 0.229 e. The molecule has 1 aromatic carbocycles. The highest BCUT2D eigenvalue weighted by Gasteiger charge is 2.36. The van der Waals surface area contributed by atoms with Crippen molar-refractivity contribution >= 4 is 28.3 Å². The van der Waals surface area contributed by atoms with Crippen LogP contribution in [0.3, 0.4) is 0 Å². The Labute approximate surface area is 162 Å². The first-order chi connectivity index (χ1) is 13.2. The third-order valence-corrected chi connectivity index (χ3v) is 5.32. The molecule has 0 spiro atoms. The zero-order valence-electron chi connectivity index (χ0n) is 15.4. The molecule has 0 aliphatic carbocycles. The van der Waals surface area contributed by atoms with Gasteiger partial charge in [0.05, 0.1) is 5.92 Å². The lowest BCUT2D eigenvalue weighted by Crippen LogP contribution is -2.33. The number of anilines is 1. The van der Waals surface area contributed by atoms with Gasteiger partial charge in [0.1, 0.15) is 11.6 Å². The molecule has 0 saturated carbocycles. The summed E-state index contributed by atoms with van der Waals surface area (Å²) in [6.07, 6.45) is 2.01. The highest BCUT2D eigenvalue weighted by Crippen LogP contribution is 2.28. The number of rotatable bonds is 9. The van der Waals surface area contributed by atoms with Gasteiger partial charge in [0.25, 0.3) is 0 Å². The summed E-state index contributed by atoms with van der Waals surface area (Å²) in [5.41, 5.74) is 1.26. The fraction of sp³-hybridized carbons (Fsp3) is 0.474. The maximum atomic E-state index is 12.4. The molecular weight excluding hydrogens is 364 g/mol. The Morgan fingerprint density at radius 2 is 2.15 bits per heavy atom. The number of carbonyl (C=O) groups excluding carboxylic acids is 2. The molecule has 1 aliphatic heterocycles. The van der Waals surface area contributed by atoms with E-state index in [-0.39, 0.29) is 24.2 Å². The molecule has 1 saturated heterocycles. The van der Waals surface area contributed by atoms with Gasteiger partial charge in [-0.25, -0.2) is 0 Å². The molecule has 1 aliphatic rings. The second kappa shape index (κ2) is 9.57. The number of ether oxygens (including phenoxy) is 1. The summed E-state index contributed by atoms with van der Waals surface area (Å²) in [5.74, 6) is -0.495. The Balaban J connectivity index is 1.45. The molecule has 1 fully saturated rings. The Kier molecular flexibility index (Phi) is 6.89. The fourth-order valence-corrected chi connectivity index (χ4v) is 3.77. The SMILES string of the molecule is CCOCc1nnc(N2CC(C(=O)NCCCc3ccccc3)CC2=O)s1. The molecule has 27 heavy (non-hydrogen) atoms. The monoisotopic (exact) mass is 388 g/mol. The van der Waals surface area contributed by atoms with Crippen LogP contribution in [-0.4, -0.2) is 41.7 Å². The summed E-state index contributed by atoms with van der Waals surface area (Å²) in [6, 6.07) is 10.2. The fourth-order valence-electron chi connectivity index (χ4n) is 2.96. The van der Waals surface area contributed by atoms with E-state index in [1.165, 1.54) is 16.9 Å². The molecule has 8 heteroatoms. The average Bonchev–Trinajstić information content (AvgIpc) is 3.30. The molecule has 1 atom stereocenters. The van der Waals surface area contributed by atoms with Gasteiger partial charge >= 0.3 is 0 Å². The van der Waals surface area contributed by atoms with Gasteiger partial charge in [-0.3, -0.25) is 14.5 Å². The minimum Gasteiger partial charge on any atom is -0.374 e. The van der Waals surface area contributed by atoms with Crippen molar-refractivity contribution < 1.29 is 14.3 Å². The van der Waals surface area contributed by atoms with Crippen LogP contribution in [-0.2, 0) is 27.4 Å². The van der Waals surface area contributed by atoms with Gasteiger partial charge in [0.2, 0.25) is 16.9 Å². The van der Waals surface area contributed by atoms with Crippen LogP contribution in [0.2, 0.25) is 0 Å². The molecule has 1 aromatic heterocycles. The molecule has 7 nitrogen and oxygen atoms in total. The molecule has 0 bridgehead atoms. The number of nitrogens with zero attached hydrogens (tertiary/aromatic N) is 3. The molecule has 2 amide bonds. The van der Waals surface area contributed by atoms with Crippen molar-refractivity contribution in [1.29, 1.82) is 0 Å². The Morgan fingerprint density at radius 3 is 2.93 bits per heavy atom. The first-order valence-corrected chi connectivity index (χ1v) is 10.0. The number of carbonyl (C=O) groups is 2. The second-order valence-electron chi connectivity index (χ2n) is 6.40. The molecule has 1 N–H and O–H groups in total. The summed E-state index contributed by atoms with van der Waals surface area (Å²) in [7, 11) is 0. The van der Waals surface area contributed by atoms with E-state index in [9.17, 15) is 9.59 Å². The highest BCUT2D eigenvalue weighted by atomic mass is 32.1. The lowest BCUT2D eigenvalue weighted by Gasteiger charge is -2.12. The summed E-state index contributed by atoms with van der Waals surface area (Å²) in [6.45, 7) is 3.86. The highest BCUT2D eigenvalue weighted by molar-refractivity contribution is 7.15. The van der Waals surface area contributed by atoms with E-state index in [4.69, 9.17) is 4.74 Å². The number of aromatic nitrogens is 2. The van der Waals surface area contributed by atoms with Gasteiger partial charge in [-0.2, -0.15) is 0 Å². The summed E-state index contributed by atoms with van der Waals surface area (Å²) < 4.78 is 5.31. The zero-order valence-corrected chi connectivity index (χ0v) is 16.2. The average molecular weight is 388 g/mol. The molecule has 2 aromatic rings. The summed E-state index contributed by atoms with van der Waals surface area (Å²) in [5, 5.41) is 12.3. The van der Waals surface area contributed by atoms with Gasteiger partial charge in [0.15, 0.2) is 0 Å². The summed E-state index contributed by atoms with van der Waals surface area (Å²) in [4.78, 5) is 26.2. The van der Waals surface area contributed by atoms with Crippen LogP contribution in [0.5, 0.6) is 0 Å². The maximum absolute atomic E-state index is 12.4. The predicted molar refractivity (Wildman–Crippen MR) is 103 cm³/mol. The van der Waals surface area contributed by atoms with Crippen molar-refractivity contribution in [1.82, 2.24) is 15.5 Å². The lowest BCUT2D eigenvalue weighted by molar-refractivity contribution is -0.126. The van der Waals surface area contributed by atoms with E-state index in [2.05, 4.69) is 27.6 Å². The first-order valence-electron chi connectivity index (χ1n) is 9.19. The largest absolute Gasteiger partial charge is 0.374 e. The van der Waals surface area contributed by atoms with E-state index in [1.54, 1.807) is 4.90 Å².